The van der Waals surface area contributed by atoms with Gasteiger partial charge in [0.25, 0.3) is 5.91 Å². The molecule has 0 radical (unpaired) electrons. The van der Waals surface area contributed by atoms with Crippen LogP contribution in [0.5, 0.6) is 0 Å². The SMILES string of the molecule is Cc1cc(C)c2nc(C3CC3)cc(C(=O)N(C)CC(C)C(=O)O)c2c1. The van der Waals surface area contributed by atoms with Gasteiger partial charge in [0.05, 0.1) is 17.0 Å². The van der Waals surface area contributed by atoms with Gasteiger partial charge in [0.1, 0.15) is 0 Å². The van der Waals surface area contributed by atoms with Crippen molar-refractivity contribution < 1.29 is 14.7 Å². The number of nitrogens with zero attached hydrogens (tertiary/aromatic N) is 2. The summed E-state index contributed by atoms with van der Waals surface area (Å²) in [6, 6.07) is 5.98. The Morgan fingerprint density at radius 1 is 1.28 bits per heavy atom. The van der Waals surface area contributed by atoms with Crippen LogP contribution in [0.4, 0.5) is 0 Å². The molecule has 1 fully saturated rings. The summed E-state index contributed by atoms with van der Waals surface area (Å²) in [5.41, 5.74) is 4.62. The van der Waals surface area contributed by atoms with Crippen LogP contribution >= 0.6 is 0 Å². The number of rotatable bonds is 5. The van der Waals surface area contributed by atoms with Crippen LogP contribution in [-0.4, -0.2) is 40.5 Å². The topological polar surface area (TPSA) is 70.5 Å². The van der Waals surface area contributed by atoms with E-state index in [1.54, 1.807) is 14.0 Å². The molecule has 0 aliphatic heterocycles. The minimum Gasteiger partial charge on any atom is -0.481 e. The summed E-state index contributed by atoms with van der Waals surface area (Å²) >= 11 is 0. The van der Waals surface area contributed by atoms with E-state index >= 15 is 0 Å². The van der Waals surface area contributed by atoms with E-state index in [0.717, 1.165) is 40.6 Å². The van der Waals surface area contributed by atoms with Crippen molar-refractivity contribution in [2.24, 2.45) is 5.92 Å². The van der Waals surface area contributed by atoms with Gasteiger partial charge in [0, 0.05) is 30.6 Å². The number of carboxylic acids is 1. The number of carboxylic acid groups (broad SMARTS) is 1. The summed E-state index contributed by atoms with van der Waals surface area (Å²) in [7, 11) is 1.66. The molecule has 0 saturated heterocycles. The molecular formula is C20H24N2O3. The Labute approximate surface area is 147 Å². The molecule has 1 aromatic heterocycles. The van der Waals surface area contributed by atoms with Gasteiger partial charge in [-0.3, -0.25) is 14.6 Å². The van der Waals surface area contributed by atoms with E-state index in [-0.39, 0.29) is 12.5 Å². The van der Waals surface area contributed by atoms with Crippen molar-refractivity contribution in [1.82, 2.24) is 9.88 Å². The number of aliphatic carboxylic acids is 1. The van der Waals surface area contributed by atoms with Crippen LogP contribution in [0.1, 0.15) is 52.9 Å². The van der Waals surface area contributed by atoms with Crippen LogP contribution in [-0.2, 0) is 4.79 Å². The van der Waals surface area contributed by atoms with Gasteiger partial charge >= 0.3 is 5.97 Å². The van der Waals surface area contributed by atoms with E-state index in [1.807, 2.05) is 26.0 Å². The summed E-state index contributed by atoms with van der Waals surface area (Å²) < 4.78 is 0. The third-order valence-electron chi connectivity index (χ3n) is 4.81. The Morgan fingerprint density at radius 3 is 2.56 bits per heavy atom. The second-order valence-corrected chi connectivity index (χ2v) is 7.27. The Bertz CT molecular complexity index is 856. The first kappa shape index (κ1) is 17.4. The number of carbonyl (C=O) groups is 2. The molecule has 132 valence electrons. The number of aryl methyl sites for hydroxylation is 2. The normalized spacial score (nSPS) is 15.2. The molecule has 1 aliphatic rings. The highest BCUT2D eigenvalue weighted by atomic mass is 16.4. The summed E-state index contributed by atoms with van der Waals surface area (Å²) in [5.74, 6) is -1.20. The third kappa shape index (κ3) is 3.50. The number of carbonyl (C=O) groups excluding carboxylic acids is 1. The third-order valence-corrected chi connectivity index (χ3v) is 4.81. The van der Waals surface area contributed by atoms with Gasteiger partial charge in [-0.2, -0.15) is 0 Å². The van der Waals surface area contributed by atoms with Crippen molar-refractivity contribution in [3.63, 3.8) is 0 Å². The lowest BCUT2D eigenvalue weighted by atomic mass is 9.99. The molecule has 1 aromatic carbocycles. The quantitative estimate of drug-likeness (QED) is 0.904. The van der Waals surface area contributed by atoms with E-state index in [0.29, 0.717) is 11.5 Å². The number of pyridine rings is 1. The number of amides is 1. The fourth-order valence-corrected chi connectivity index (χ4v) is 3.24. The number of fused-ring (bicyclic) bond motifs is 1. The van der Waals surface area contributed by atoms with Crippen molar-refractivity contribution in [3.8, 4) is 0 Å². The highest BCUT2D eigenvalue weighted by Crippen LogP contribution is 2.40. The molecule has 1 N–H and O–H groups in total. The zero-order valence-electron chi connectivity index (χ0n) is 15.2. The lowest BCUT2D eigenvalue weighted by Crippen LogP contribution is -2.34. The smallest absolute Gasteiger partial charge is 0.308 e. The van der Waals surface area contributed by atoms with Gasteiger partial charge in [0.15, 0.2) is 0 Å². The van der Waals surface area contributed by atoms with E-state index in [1.165, 1.54) is 4.90 Å². The van der Waals surface area contributed by atoms with Crippen molar-refractivity contribution in [2.75, 3.05) is 13.6 Å². The standard InChI is InChI=1S/C20H24N2O3/c1-11-7-12(2)18-15(8-11)16(9-17(21-18)14-5-6-14)19(23)22(4)10-13(3)20(24)25/h7-9,13-14H,5-6,10H2,1-4H3,(H,24,25). The largest absolute Gasteiger partial charge is 0.481 e. The summed E-state index contributed by atoms with van der Waals surface area (Å²) in [5, 5.41) is 9.95. The van der Waals surface area contributed by atoms with Gasteiger partial charge in [-0.05, 0) is 44.4 Å². The van der Waals surface area contributed by atoms with E-state index in [4.69, 9.17) is 10.1 Å². The number of hydrogen-bond acceptors (Lipinski definition) is 3. The van der Waals surface area contributed by atoms with Gasteiger partial charge in [-0.25, -0.2) is 0 Å². The second kappa shape index (κ2) is 6.47. The summed E-state index contributed by atoms with van der Waals surface area (Å²) in [6.07, 6.45) is 2.23. The fraction of sp³-hybridized carbons (Fsp3) is 0.450. The molecule has 3 rings (SSSR count). The predicted molar refractivity (Wildman–Crippen MR) is 97.0 cm³/mol. The Morgan fingerprint density at radius 2 is 1.96 bits per heavy atom. The number of aromatic nitrogens is 1. The lowest BCUT2D eigenvalue weighted by molar-refractivity contribution is -0.141. The molecule has 1 amide bonds. The highest BCUT2D eigenvalue weighted by Gasteiger charge is 2.28. The Kier molecular flexibility index (Phi) is 4.50. The maximum absolute atomic E-state index is 13.0. The zero-order chi connectivity index (χ0) is 18.3. The second-order valence-electron chi connectivity index (χ2n) is 7.27. The summed E-state index contributed by atoms with van der Waals surface area (Å²) in [6.45, 7) is 5.82. The first-order valence-corrected chi connectivity index (χ1v) is 8.68. The highest BCUT2D eigenvalue weighted by molar-refractivity contribution is 6.07. The van der Waals surface area contributed by atoms with E-state index in [9.17, 15) is 9.59 Å². The molecule has 25 heavy (non-hydrogen) atoms. The molecule has 5 nitrogen and oxygen atoms in total. The molecule has 1 heterocycles. The molecule has 0 spiro atoms. The number of benzene rings is 1. The van der Waals surface area contributed by atoms with E-state index in [2.05, 4.69) is 6.07 Å². The van der Waals surface area contributed by atoms with Gasteiger partial charge in [-0.15, -0.1) is 0 Å². The zero-order valence-corrected chi connectivity index (χ0v) is 15.2. The maximum Gasteiger partial charge on any atom is 0.308 e. The number of hydrogen-bond donors (Lipinski definition) is 1. The van der Waals surface area contributed by atoms with Crippen LogP contribution in [0.2, 0.25) is 0 Å². The average molecular weight is 340 g/mol. The average Bonchev–Trinajstić information content (AvgIpc) is 3.38. The van der Waals surface area contributed by atoms with Crippen LogP contribution in [0.25, 0.3) is 10.9 Å². The lowest BCUT2D eigenvalue weighted by Gasteiger charge is -2.21. The Hall–Kier alpha value is -2.43. The summed E-state index contributed by atoms with van der Waals surface area (Å²) in [4.78, 5) is 30.4. The van der Waals surface area contributed by atoms with Crippen molar-refractivity contribution in [3.05, 3.63) is 40.6 Å². The van der Waals surface area contributed by atoms with Crippen molar-refractivity contribution in [1.29, 1.82) is 0 Å². The minimum absolute atomic E-state index is 0.146. The first-order valence-electron chi connectivity index (χ1n) is 8.68. The minimum atomic E-state index is -0.899. The molecule has 5 heteroatoms. The van der Waals surface area contributed by atoms with Gasteiger partial charge in [0.2, 0.25) is 0 Å². The molecule has 1 atom stereocenters. The maximum atomic E-state index is 13.0. The molecule has 1 aliphatic carbocycles. The molecule has 0 bridgehead atoms. The van der Waals surface area contributed by atoms with Gasteiger partial charge in [-0.1, -0.05) is 18.6 Å². The fourth-order valence-electron chi connectivity index (χ4n) is 3.24. The molecule has 1 unspecified atom stereocenters. The molecular weight excluding hydrogens is 316 g/mol. The van der Waals surface area contributed by atoms with Crippen LogP contribution in [0.3, 0.4) is 0 Å². The monoisotopic (exact) mass is 340 g/mol. The van der Waals surface area contributed by atoms with E-state index < -0.39 is 11.9 Å². The van der Waals surface area contributed by atoms with Crippen molar-refractivity contribution in [2.45, 2.75) is 39.5 Å². The molecule has 1 saturated carbocycles. The Balaban J connectivity index is 2.07. The van der Waals surface area contributed by atoms with Crippen LogP contribution in [0.15, 0.2) is 18.2 Å². The van der Waals surface area contributed by atoms with Crippen LogP contribution < -0.4 is 0 Å². The van der Waals surface area contributed by atoms with Crippen molar-refractivity contribution >= 4 is 22.8 Å². The van der Waals surface area contributed by atoms with Gasteiger partial charge < -0.3 is 10.0 Å². The van der Waals surface area contributed by atoms with Crippen LogP contribution in [0, 0.1) is 19.8 Å². The molecule has 2 aromatic rings. The predicted octanol–water partition coefficient (Wildman–Crippen LogP) is 3.52. The first-order chi connectivity index (χ1) is 11.8.